The van der Waals surface area contributed by atoms with Crippen molar-refractivity contribution in [2.45, 2.75) is 33.6 Å². The molecule has 0 amide bonds. The van der Waals surface area contributed by atoms with Crippen molar-refractivity contribution in [3.05, 3.63) is 34.3 Å². The Hall–Kier alpha value is -0.380. The molecule has 0 spiro atoms. The number of halogens is 1. The molecule has 3 heteroatoms. The van der Waals surface area contributed by atoms with E-state index in [0.717, 1.165) is 32.5 Å². The number of methoxy groups -OCH3 is 1. The summed E-state index contributed by atoms with van der Waals surface area (Å²) in [6, 6.07) is 8.67. The lowest BCUT2D eigenvalue weighted by Gasteiger charge is -2.25. The molecule has 21 heavy (non-hydrogen) atoms. The van der Waals surface area contributed by atoms with Crippen molar-refractivity contribution in [2.75, 3.05) is 26.8 Å². The average Bonchev–Trinajstić information content (AvgIpc) is 2.43. The van der Waals surface area contributed by atoms with E-state index in [1.54, 1.807) is 7.11 Å². The van der Waals surface area contributed by atoms with E-state index in [1.807, 2.05) is 0 Å². The molecule has 120 valence electrons. The van der Waals surface area contributed by atoms with E-state index < -0.39 is 0 Å². The molecular weight excluding hydrogens is 326 g/mol. The molecule has 0 aromatic heterocycles. The van der Waals surface area contributed by atoms with Crippen molar-refractivity contribution in [3.63, 3.8) is 0 Å². The predicted octanol–water partition coefficient (Wildman–Crippen LogP) is 4.53. The van der Waals surface area contributed by atoms with Crippen LogP contribution in [0, 0.1) is 17.8 Å². The highest BCUT2D eigenvalue weighted by molar-refractivity contribution is 9.10. The van der Waals surface area contributed by atoms with Gasteiger partial charge < -0.3 is 10.1 Å². The van der Waals surface area contributed by atoms with Crippen molar-refractivity contribution >= 4 is 15.9 Å². The van der Waals surface area contributed by atoms with Gasteiger partial charge in [-0.05, 0) is 61.4 Å². The largest absolute Gasteiger partial charge is 0.385 e. The molecule has 0 aliphatic carbocycles. The summed E-state index contributed by atoms with van der Waals surface area (Å²) in [6.45, 7) is 9.87. The Labute approximate surface area is 138 Å². The van der Waals surface area contributed by atoms with Gasteiger partial charge in [0.25, 0.3) is 0 Å². The van der Waals surface area contributed by atoms with E-state index in [2.05, 4.69) is 66.3 Å². The highest BCUT2D eigenvalue weighted by atomic mass is 79.9. The first-order valence-electron chi connectivity index (χ1n) is 7.97. The van der Waals surface area contributed by atoms with Gasteiger partial charge in [-0.3, -0.25) is 0 Å². The van der Waals surface area contributed by atoms with E-state index in [4.69, 9.17) is 4.74 Å². The summed E-state index contributed by atoms with van der Waals surface area (Å²) in [4.78, 5) is 0. The number of rotatable bonds is 10. The molecule has 1 aromatic rings. The molecule has 2 nitrogen and oxygen atoms in total. The van der Waals surface area contributed by atoms with Crippen molar-refractivity contribution in [2.24, 2.45) is 17.8 Å². The number of hydrogen-bond donors (Lipinski definition) is 1. The zero-order chi connectivity index (χ0) is 15.7. The molecule has 0 saturated heterocycles. The van der Waals surface area contributed by atoms with Gasteiger partial charge in [-0.15, -0.1) is 0 Å². The minimum absolute atomic E-state index is 0.646. The van der Waals surface area contributed by atoms with Gasteiger partial charge in [-0.25, -0.2) is 0 Å². The first-order chi connectivity index (χ1) is 10.0. The molecule has 0 fully saturated rings. The fourth-order valence-electron chi connectivity index (χ4n) is 2.54. The smallest absolute Gasteiger partial charge is 0.0464 e. The molecule has 1 aromatic carbocycles. The summed E-state index contributed by atoms with van der Waals surface area (Å²) >= 11 is 3.57. The standard InChI is InChI=1S/C18H30BrNO/c1-14(2)12-20-13-17(15(3)8-9-21-4)10-16-6-5-7-18(19)11-16/h5-7,11,14-15,17,20H,8-10,12-13H2,1-4H3. The Kier molecular flexibility index (Phi) is 9.21. The highest BCUT2D eigenvalue weighted by Crippen LogP contribution is 2.22. The molecular formula is C18H30BrNO. The fraction of sp³-hybridized carbons (Fsp3) is 0.667. The van der Waals surface area contributed by atoms with E-state index in [0.29, 0.717) is 17.8 Å². The molecule has 0 heterocycles. The minimum atomic E-state index is 0.646. The Morgan fingerprint density at radius 3 is 2.57 bits per heavy atom. The lowest BCUT2D eigenvalue weighted by atomic mass is 9.86. The summed E-state index contributed by atoms with van der Waals surface area (Å²) in [5.41, 5.74) is 1.41. The van der Waals surface area contributed by atoms with E-state index >= 15 is 0 Å². The van der Waals surface area contributed by atoms with Crippen LogP contribution in [-0.2, 0) is 11.2 Å². The normalized spacial score (nSPS) is 14.4. The van der Waals surface area contributed by atoms with Crippen LogP contribution in [0.5, 0.6) is 0 Å². The van der Waals surface area contributed by atoms with E-state index in [1.165, 1.54) is 10.0 Å². The summed E-state index contributed by atoms with van der Waals surface area (Å²) < 4.78 is 6.41. The van der Waals surface area contributed by atoms with Crippen molar-refractivity contribution in [1.29, 1.82) is 0 Å². The van der Waals surface area contributed by atoms with Crippen LogP contribution >= 0.6 is 15.9 Å². The van der Waals surface area contributed by atoms with Crippen LogP contribution in [0.4, 0.5) is 0 Å². The third-order valence-corrected chi connectivity index (χ3v) is 4.42. The highest BCUT2D eigenvalue weighted by Gasteiger charge is 2.18. The summed E-state index contributed by atoms with van der Waals surface area (Å²) in [5.74, 6) is 2.00. The van der Waals surface area contributed by atoms with Gasteiger partial charge in [-0.1, -0.05) is 48.8 Å². The molecule has 0 bridgehead atoms. The van der Waals surface area contributed by atoms with Crippen LogP contribution < -0.4 is 5.32 Å². The lowest BCUT2D eigenvalue weighted by Crippen LogP contribution is -2.31. The summed E-state index contributed by atoms with van der Waals surface area (Å²) in [5, 5.41) is 3.62. The Morgan fingerprint density at radius 2 is 1.95 bits per heavy atom. The van der Waals surface area contributed by atoms with Crippen molar-refractivity contribution < 1.29 is 4.74 Å². The molecule has 0 saturated carbocycles. The van der Waals surface area contributed by atoms with Gasteiger partial charge >= 0.3 is 0 Å². The maximum atomic E-state index is 5.25. The van der Waals surface area contributed by atoms with Crippen molar-refractivity contribution in [1.82, 2.24) is 5.32 Å². The fourth-order valence-corrected chi connectivity index (χ4v) is 2.98. The third kappa shape index (κ3) is 7.98. The molecule has 0 radical (unpaired) electrons. The van der Waals surface area contributed by atoms with E-state index in [9.17, 15) is 0 Å². The van der Waals surface area contributed by atoms with Crippen molar-refractivity contribution in [3.8, 4) is 0 Å². The van der Waals surface area contributed by atoms with Gasteiger partial charge in [0.1, 0.15) is 0 Å². The van der Waals surface area contributed by atoms with Gasteiger partial charge in [0.05, 0.1) is 0 Å². The number of ether oxygens (including phenoxy) is 1. The number of benzene rings is 1. The van der Waals surface area contributed by atoms with Crippen LogP contribution in [0.25, 0.3) is 0 Å². The predicted molar refractivity (Wildman–Crippen MR) is 94.7 cm³/mol. The van der Waals surface area contributed by atoms with Crippen LogP contribution in [-0.4, -0.2) is 26.8 Å². The molecule has 0 aliphatic heterocycles. The Morgan fingerprint density at radius 1 is 1.19 bits per heavy atom. The molecule has 1 rings (SSSR count). The lowest BCUT2D eigenvalue weighted by molar-refractivity contribution is 0.163. The third-order valence-electron chi connectivity index (χ3n) is 3.93. The Bertz CT molecular complexity index is 395. The molecule has 2 unspecified atom stereocenters. The average molecular weight is 356 g/mol. The number of hydrogen-bond acceptors (Lipinski definition) is 2. The molecule has 2 atom stereocenters. The van der Waals surface area contributed by atoms with E-state index in [-0.39, 0.29) is 0 Å². The second kappa shape index (κ2) is 10.4. The first kappa shape index (κ1) is 18.7. The quantitative estimate of drug-likeness (QED) is 0.665. The van der Waals surface area contributed by atoms with Crippen LogP contribution in [0.3, 0.4) is 0 Å². The van der Waals surface area contributed by atoms with Crippen LogP contribution in [0.1, 0.15) is 32.8 Å². The maximum absolute atomic E-state index is 5.25. The summed E-state index contributed by atoms with van der Waals surface area (Å²) in [7, 11) is 1.78. The zero-order valence-corrected chi connectivity index (χ0v) is 15.4. The maximum Gasteiger partial charge on any atom is 0.0464 e. The second-order valence-corrected chi connectivity index (χ2v) is 7.32. The number of nitrogens with one attached hydrogen (secondary N) is 1. The van der Waals surface area contributed by atoms with Gasteiger partial charge in [0, 0.05) is 18.2 Å². The second-order valence-electron chi connectivity index (χ2n) is 6.40. The molecule has 0 aliphatic rings. The monoisotopic (exact) mass is 355 g/mol. The van der Waals surface area contributed by atoms with Crippen LogP contribution in [0.15, 0.2) is 28.7 Å². The van der Waals surface area contributed by atoms with Gasteiger partial charge in [-0.2, -0.15) is 0 Å². The van der Waals surface area contributed by atoms with Crippen LogP contribution in [0.2, 0.25) is 0 Å². The topological polar surface area (TPSA) is 21.3 Å². The summed E-state index contributed by atoms with van der Waals surface area (Å²) in [6.07, 6.45) is 2.24. The first-order valence-corrected chi connectivity index (χ1v) is 8.76. The van der Waals surface area contributed by atoms with Gasteiger partial charge in [0.15, 0.2) is 0 Å². The zero-order valence-electron chi connectivity index (χ0n) is 13.9. The SMILES string of the molecule is COCCC(C)C(CNCC(C)C)Cc1cccc(Br)c1. The van der Waals surface area contributed by atoms with Gasteiger partial charge in [0.2, 0.25) is 0 Å². The minimum Gasteiger partial charge on any atom is -0.385 e. The Balaban J connectivity index is 2.61. The molecule has 1 N–H and O–H groups in total.